The number of carbonyl (C=O) groups is 2. The van der Waals surface area contributed by atoms with Gasteiger partial charge in [-0.15, -0.1) is 0 Å². The lowest BCUT2D eigenvalue weighted by Crippen LogP contribution is -2.15. The molecule has 0 N–H and O–H groups in total. The number of esters is 1. The fourth-order valence-electron chi connectivity index (χ4n) is 0.280. The highest BCUT2D eigenvalue weighted by molar-refractivity contribution is 6.32. The van der Waals surface area contributed by atoms with Gasteiger partial charge in [0.05, 0.1) is 0 Å². The lowest BCUT2D eigenvalue weighted by atomic mass is 10.5. The normalized spacial score (nSPS) is 9.00. The fraction of sp³-hybridized carbons (Fsp3) is 0.667. The summed E-state index contributed by atoms with van der Waals surface area (Å²) in [4.78, 5) is 20.6. The van der Waals surface area contributed by atoms with E-state index in [2.05, 4.69) is 9.47 Å². The van der Waals surface area contributed by atoms with Crippen LogP contribution in [0.3, 0.4) is 0 Å². The Morgan fingerprint density at radius 1 is 1.40 bits per heavy atom. The zero-order valence-electron chi connectivity index (χ0n) is 6.05. The average Bonchev–Trinajstić information content (AvgIpc) is 1.88. The second-order valence-corrected chi connectivity index (χ2v) is 1.60. The van der Waals surface area contributed by atoms with Crippen molar-refractivity contribution in [2.24, 2.45) is 0 Å². The molecule has 0 aliphatic rings. The minimum atomic E-state index is -0.853. The third-order valence-electron chi connectivity index (χ3n) is 0.765. The molecule has 0 fully saturated rings. The maximum Gasteiger partial charge on any atom is 0.376 e. The Labute approximate surface area is 59.1 Å². The van der Waals surface area contributed by atoms with Gasteiger partial charge in [-0.1, -0.05) is 0 Å². The van der Waals surface area contributed by atoms with Gasteiger partial charge < -0.3 is 9.47 Å². The third-order valence-corrected chi connectivity index (χ3v) is 0.765. The summed E-state index contributed by atoms with van der Waals surface area (Å²) in [6.45, 7) is 3.23. The molecule has 0 aromatic carbocycles. The first-order valence-electron chi connectivity index (χ1n) is 2.94. The molecule has 0 aromatic rings. The van der Waals surface area contributed by atoms with Crippen LogP contribution in [0.15, 0.2) is 0 Å². The van der Waals surface area contributed by atoms with Gasteiger partial charge in [-0.3, -0.25) is 4.79 Å². The summed E-state index contributed by atoms with van der Waals surface area (Å²) in [7, 11) is 0. The Hall–Kier alpha value is -0.900. The lowest BCUT2D eigenvalue weighted by molar-refractivity contribution is -0.162. The van der Waals surface area contributed by atoms with Crippen molar-refractivity contribution in [2.75, 3.05) is 13.4 Å². The van der Waals surface area contributed by atoms with Crippen molar-refractivity contribution in [3.63, 3.8) is 0 Å². The third kappa shape index (κ3) is 4.03. The summed E-state index contributed by atoms with van der Waals surface area (Å²) < 4.78 is 8.99. The van der Waals surface area contributed by atoms with Crippen LogP contribution in [0.1, 0.15) is 13.8 Å². The molecule has 0 aliphatic heterocycles. The van der Waals surface area contributed by atoms with Gasteiger partial charge in [0.15, 0.2) is 6.79 Å². The van der Waals surface area contributed by atoms with Crippen molar-refractivity contribution in [1.29, 1.82) is 0 Å². The van der Waals surface area contributed by atoms with Crippen LogP contribution in [-0.2, 0) is 19.1 Å². The molecule has 0 aromatic heterocycles. The van der Waals surface area contributed by atoms with E-state index in [1.54, 1.807) is 6.92 Å². The Balaban J connectivity index is 3.31. The summed E-state index contributed by atoms with van der Waals surface area (Å²) >= 11 is 0. The van der Waals surface area contributed by atoms with Crippen molar-refractivity contribution in [1.82, 2.24) is 0 Å². The number of rotatable bonds is 4. The van der Waals surface area contributed by atoms with Crippen LogP contribution >= 0.6 is 0 Å². The van der Waals surface area contributed by atoms with Crippen LogP contribution in [0.2, 0.25) is 0 Å². The Kier molecular flexibility index (Phi) is 4.49. The van der Waals surface area contributed by atoms with Crippen molar-refractivity contribution < 1.29 is 19.1 Å². The van der Waals surface area contributed by atoms with Gasteiger partial charge in [0.1, 0.15) is 0 Å². The van der Waals surface area contributed by atoms with E-state index >= 15 is 0 Å². The number of ether oxygens (including phenoxy) is 2. The van der Waals surface area contributed by atoms with Crippen molar-refractivity contribution >= 4 is 11.8 Å². The molecule has 4 heteroatoms. The van der Waals surface area contributed by atoms with E-state index < -0.39 is 11.8 Å². The van der Waals surface area contributed by atoms with E-state index in [0.29, 0.717) is 6.61 Å². The summed E-state index contributed by atoms with van der Waals surface area (Å²) in [5.74, 6) is -1.46. The molecule has 0 rings (SSSR count). The van der Waals surface area contributed by atoms with Gasteiger partial charge in [-0.25, -0.2) is 4.79 Å². The van der Waals surface area contributed by atoms with E-state index in [-0.39, 0.29) is 6.79 Å². The average molecular weight is 146 g/mol. The van der Waals surface area contributed by atoms with E-state index in [1.807, 2.05) is 0 Å². The highest BCUT2D eigenvalue weighted by Crippen LogP contribution is 1.81. The molecular formula is C6H10O4. The zero-order valence-corrected chi connectivity index (χ0v) is 6.05. The first-order chi connectivity index (χ1) is 4.68. The molecule has 0 bridgehead atoms. The zero-order chi connectivity index (χ0) is 7.98. The number of carbonyl (C=O) groups excluding carboxylic acids is 2. The van der Waals surface area contributed by atoms with Crippen LogP contribution in [-0.4, -0.2) is 25.2 Å². The Morgan fingerprint density at radius 3 is 2.40 bits per heavy atom. The molecule has 10 heavy (non-hydrogen) atoms. The van der Waals surface area contributed by atoms with Crippen LogP contribution in [0.5, 0.6) is 0 Å². The van der Waals surface area contributed by atoms with Crippen molar-refractivity contribution in [3.05, 3.63) is 0 Å². The molecule has 0 atom stereocenters. The fourth-order valence-corrected chi connectivity index (χ4v) is 0.280. The standard InChI is InChI=1S/C6H10O4/c1-3-9-4-10-6(8)5(2)7/h3-4H2,1-2H3. The maximum absolute atomic E-state index is 10.4. The second-order valence-electron chi connectivity index (χ2n) is 1.60. The number of Topliss-reactive ketones (excluding diaryl/α,β-unsaturated/α-hetero) is 1. The van der Waals surface area contributed by atoms with Gasteiger partial charge >= 0.3 is 5.97 Å². The molecule has 0 saturated carbocycles. The van der Waals surface area contributed by atoms with E-state index in [9.17, 15) is 9.59 Å². The first kappa shape index (κ1) is 9.10. The summed E-state index contributed by atoms with van der Waals surface area (Å²) in [6, 6.07) is 0. The van der Waals surface area contributed by atoms with Crippen molar-refractivity contribution in [3.8, 4) is 0 Å². The molecule has 0 spiro atoms. The van der Waals surface area contributed by atoms with Crippen LogP contribution in [0.25, 0.3) is 0 Å². The predicted octanol–water partition coefficient (Wildman–Crippen LogP) is 0.113. The summed E-state index contributed by atoms with van der Waals surface area (Å²) in [5.41, 5.74) is 0. The van der Waals surface area contributed by atoms with Gasteiger partial charge in [0.25, 0.3) is 0 Å². The SMILES string of the molecule is CCOCOC(=O)C(C)=O. The minimum Gasteiger partial charge on any atom is -0.433 e. The molecular weight excluding hydrogens is 136 g/mol. The molecule has 0 heterocycles. The molecule has 4 nitrogen and oxygen atoms in total. The molecule has 0 aliphatic carbocycles. The highest BCUT2D eigenvalue weighted by atomic mass is 16.7. The van der Waals surface area contributed by atoms with Gasteiger partial charge in [-0.05, 0) is 6.92 Å². The minimum absolute atomic E-state index is 0.144. The second kappa shape index (κ2) is 4.93. The van der Waals surface area contributed by atoms with Gasteiger partial charge in [0.2, 0.25) is 5.78 Å². The van der Waals surface area contributed by atoms with Gasteiger partial charge in [-0.2, -0.15) is 0 Å². The number of ketones is 1. The lowest BCUT2D eigenvalue weighted by Gasteiger charge is -1.99. The van der Waals surface area contributed by atoms with Crippen LogP contribution in [0.4, 0.5) is 0 Å². The molecule has 58 valence electrons. The smallest absolute Gasteiger partial charge is 0.376 e. The number of hydrogen-bond acceptors (Lipinski definition) is 4. The highest BCUT2D eigenvalue weighted by Gasteiger charge is 2.07. The first-order valence-corrected chi connectivity index (χ1v) is 2.94. The molecule has 0 amide bonds. The number of hydrogen-bond donors (Lipinski definition) is 0. The summed E-state index contributed by atoms with van der Waals surface area (Å²) in [6.07, 6.45) is 0. The summed E-state index contributed by atoms with van der Waals surface area (Å²) in [5, 5.41) is 0. The van der Waals surface area contributed by atoms with E-state index in [1.165, 1.54) is 0 Å². The maximum atomic E-state index is 10.4. The molecule has 0 unspecified atom stereocenters. The molecule has 0 radical (unpaired) electrons. The van der Waals surface area contributed by atoms with Crippen LogP contribution in [0, 0.1) is 0 Å². The van der Waals surface area contributed by atoms with E-state index in [0.717, 1.165) is 6.92 Å². The molecule has 0 saturated heterocycles. The predicted molar refractivity (Wildman–Crippen MR) is 33.3 cm³/mol. The Bertz CT molecular complexity index is 130. The van der Waals surface area contributed by atoms with Gasteiger partial charge in [0, 0.05) is 13.5 Å². The topological polar surface area (TPSA) is 52.6 Å². The van der Waals surface area contributed by atoms with Crippen molar-refractivity contribution in [2.45, 2.75) is 13.8 Å². The monoisotopic (exact) mass is 146 g/mol. The van der Waals surface area contributed by atoms with Crippen LogP contribution < -0.4 is 0 Å². The Morgan fingerprint density at radius 2 is 2.00 bits per heavy atom. The quantitative estimate of drug-likeness (QED) is 0.244. The van der Waals surface area contributed by atoms with E-state index in [4.69, 9.17) is 0 Å². The largest absolute Gasteiger partial charge is 0.433 e.